The average molecular weight is 243 g/mol. The molecule has 3 nitrogen and oxygen atoms in total. The van der Waals surface area contributed by atoms with Crippen LogP contribution in [0.25, 0.3) is 0 Å². The van der Waals surface area contributed by atoms with Crippen molar-refractivity contribution in [1.82, 2.24) is 5.09 Å². The van der Waals surface area contributed by atoms with E-state index in [0.29, 0.717) is 6.61 Å². The Labute approximate surface area is 95.0 Å². The van der Waals surface area contributed by atoms with Crippen molar-refractivity contribution >= 4 is 18.4 Å². The summed E-state index contributed by atoms with van der Waals surface area (Å²) >= 11 is 5.32. The van der Waals surface area contributed by atoms with Crippen molar-refractivity contribution in [1.29, 1.82) is 0 Å². The van der Waals surface area contributed by atoms with Crippen LogP contribution >= 0.6 is 6.64 Å². The second kappa shape index (κ2) is 4.62. The van der Waals surface area contributed by atoms with E-state index in [9.17, 15) is 0 Å². The molecule has 1 heterocycles. The molecule has 2 rings (SSSR count). The van der Waals surface area contributed by atoms with Crippen LogP contribution < -0.4 is 9.61 Å². The van der Waals surface area contributed by atoms with Crippen molar-refractivity contribution < 1.29 is 9.05 Å². The highest BCUT2D eigenvalue weighted by Gasteiger charge is 2.23. The van der Waals surface area contributed by atoms with Crippen molar-refractivity contribution in [2.24, 2.45) is 0 Å². The lowest BCUT2D eigenvalue weighted by atomic mass is 10.2. The minimum atomic E-state index is -2.27. The molecule has 0 radical (unpaired) electrons. The highest BCUT2D eigenvalue weighted by molar-refractivity contribution is 8.09. The summed E-state index contributed by atoms with van der Waals surface area (Å²) in [5.41, 5.74) is 1.21. The molecule has 1 saturated heterocycles. The van der Waals surface area contributed by atoms with Crippen LogP contribution in [0.15, 0.2) is 24.3 Å². The zero-order valence-electron chi connectivity index (χ0n) is 8.60. The van der Waals surface area contributed by atoms with E-state index in [4.69, 9.17) is 20.9 Å². The minimum absolute atomic E-state index is 0.691. The molecular weight excluding hydrogens is 229 g/mol. The van der Waals surface area contributed by atoms with Crippen LogP contribution in [0, 0.1) is 6.92 Å². The predicted molar refractivity (Wildman–Crippen MR) is 64.7 cm³/mol. The first-order valence-corrected chi connectivity index (χ1v) is 7.58. The molecule has 1 fully saturated rings. The Morgan fingerprint density at radius 2 is 2.13 bits per heavy atom. The molecule has 15 heavy (non-hydrogen) atoms. The van der Waals surface area contributed by atoms with E-state index in [1.54, 1.807) is 0 Å². The van der Waals surface area contributed by atoms with Crippen molar-refractivity contribution in [2.75, 3.05) is 13.2 Å². The SMILES string of the molecule is Cc1ccc(OP2(=S)NCCCO2)cc1. The van der Waals surface area contributed by atoms with Gasteiger partial charge in [-0.2, -0.15) is 0 Å². The fourth-order valence-corrected chi connectivity index (χ4v) is 3.48. The van der Waals surface area contributed by atoms with Crippen LogP contribution in [0.4, 0.5) is 0 Å². The molecule has 1 atom stereocenters. The van der Waals surface area contributed by atoms with Gasteiger partial charge in [0.15, 0.2) is 0 Å². The van der Waals surface area contributed by atoms with E-state index in [1.165, 1.54) is 5.56 Å². The number of aryl methyl sites for hydroxylation is 1. The number of benzene rings is 1. The lowest BCUT2D eigenvalue weighted by Gasteiger charge is -2.27. The molecule has 1 unspecified atom stereocenters. The molecule has 82 valence electrons. The lowest BCUT2D eigenvalue weighted by Crippen LogP contribution is -2.24. The van der Waals surface area contributed by atoms with Gasteiger partial charge in [-0.3, -0.25) is 0 Å². The smallest absolute Gasteiger partial charge is 0.312 e. The number of hydrogen-bond donors (Lipinski definition) is 1. The molecule has 1 aliphatic heterocycles. The molecule has 0 bridgehead atoms. The van der Waals surface area contributed by atoms with Gasteiger partial charge in [0.2, 0.25) is 0 Å². The maximum absolute atomic E-state index is 5.69. The van der Waals surface area contributed by atoms with Crippen molar-refractivity contribution in [3.8, 4) is 5.75 Å². The summed E-state index contributed by atoms with van der Waals surface area (Å²) in [5.74, 6) is 0.776. The molecule has 0 spiro atoms. The van der Waals surface area contributed by atoms with E-state index >= 15 is 0 Å². The maximum Gasteiger partial charge on any atom is 0.312 e. The second-order valence-corrected chi connectivity index (χ2v) is 6.69. The van der Waals surface area contributed by atoms with Gasteiger partial charge in [0.25, 0.3) is 0 Å². The molecular formula is C10H14NO2PS. The van der Waals surface area contributed by atoms with Gasteiger partial charge in [0.1, 0.15) is 5.75 Å². The molecule has 0 aromatic heterocycles. The van der Waals surface area contributed by atoms with Gasteiger partial charge < -0.3 is 9.05 Å². The first-order valence-electron chi connectivity index (χ1n) is 4.94. The third-order valence-corrected chi connectivity index (χ3v) is 4.65. The summed E-state index contributed by atoms with van der Waals surface area (Å²) in [4.78, 5) is 0. The fraction of sp³-hybridized carbons (Fsp3) is 0.400. The molecule has 0 amide bonds. The van der Waals surface area contributed by atoms with Crippen molar-refractivity contribution in [3.63, 3.8) is 0 Å². The van der Waals surface area contributed by atoms with Gasteiger partial charge in [-0.25, -0.2) is 5.09 Å². The zero-order chi connectivity index (χ0) is 10.7. The normalized spacial score (nSPS) is 26.2. The van der Waals surface area contributed by atoms with Gasteiger partial charge in [-0.15, -0.1) is 0 Å². The average Bonchev–Trinajstić information content (AvgIpc) is 2.22. The van der Waals surface area contributed by atoms with Crippen LogP contribution in [0.2, 0.25) is 0 Å². The van der Waals surface area contributed by atoms with E-state index < -0.39 is 6.64 Å². The van der Waals surface area contributed by atoms with Crippen molar-refractivity contribution in [2.45, 2.75) is 13.3 Å². The second-order valence-electron chi connectivity index (χ2n) is 3.50. The van der Waals surface area contributed by atoms with Gasteiger partial charge in [0, 0.05) is 6.54 Å². The Hall–Kier alpha value is -0.410. The highest BCUT2D eigenvalue weighted by atomic mass is 32.5. The predicted octanol–water partition coefficient (Wildman–Crippen LogP) is 2.61. The number of rotatable bonds is 2. The van der Waals surface area contributed by atoms with Gasteiger partial charge >= 0.3 is 6.64 Å². The molecule has 0 aliphatic carbocycles. The quantitative estimate of drug-likeness (QED) is 0.809. The van der Waals surface area contributed by atoms with Crippen LogP contribution in [0.5, 0.6) is 5.75 Å². The van der Waals surface area contributed by atoms with Gasteiger partial charge in [-0.05, 0) is 37.3 Å². The van der Waals surface area contributed by atoms with Crippen LogP contribution in [-0.2, 0) is 16.3 Å². The zero-order valence-corrected chi connectivity index (χ0v) is 10.3. The number of nitrogens with one attached hydrogen (secondary N) is 1. The first-order chi connectivity index (χ1) is 7.18. The van der Waals surface area contributed by atoms with Crippen LogP contribution in [-0.4, -0.2) is 13.2 Å². The summed E-state index contributed by atoms with van der Waals surface area (Å²) < 4.78 is 11.2. The lowest BCUT2D eigenvalue weighted by molar-refractivity contribution is 0.275. The third kappa shape index (κ3) is 3.02. The number of hydrogen-bond acceptors (Lipinski definition) is 3. The van der Waals surface area contributed by atoms with E-state index in [2.05, 4.69) is 5.09 Å². The van der Waals surface area contributed by atoms with Crippen LogP contribution in [0.1, 0.15) is 12.0 Å². The molecule has 1 aromatic carbocycles. The summed E-state index contributed by atoms with van der Waals surface area (Å²) in [6.07, 6.45) is 0.996. The standard InChI is InChI=1S/C10H14NO2PS/c1-9-3-5-10(6-4-9)13-14(15)11-7-2-8-12-14/h3-6H,2,7-8H2,1H3,(H,11,15). The fourth-order valence-electron chi connectivity index (χ4n) is 1.32. The summed E-state index contributed by atoms with van der Waals surface area (Å²) in [6.45, 7) is 1.34. The third-order valence-electron chi connectivity index (χ3n) is 2.13. The first kappa shape index (κ1) is 11.1. The Morgan fingerprint density at radius 3 is 2.73 bits per heavy atom. The molecule has 1 aromatic rings. The molecule has 1 N–H and O–H groups in total. The van der Waals surface area contributed by atoms with E-state index in [-0.39, 0.29) is 0 Å². The Balaban J connectivity index is 2.07. The maximum atomic E-state index is 5.69. The van der Waals surface area contributed by atoms with Crippen molar-refractivity contribution in [3.05, 3.63) is 29.8 Å². The topological polar surface area (TPSA) is 30.5 Å². The molecule has 0 saturated carbocycles. The minimum Gasteiger partial charge on any atom is -0.433 e. The van der Waals surface area contributed by atoms with E-state index in [0.717, 1.165) is 18.7 Å². The summed E-state index contributed by atoms with van der Waals surface area (Å²) in [7, 11) is 0. The van der Waals surface area contributed by atoms with Gasteiger partial charge in [0.05, 0.1) is 6.61 Å². The molecule has 1 aliphatic rings. The Morgan fingerprint density at radius 1 is 1.40 bits per heavy atom. The highest BCUT2D eigenvalue weighted by Crippen LogP contribution is 2.46. The Bertz CT molecular complexity index is 370. The van der Waals surface area contributed by atoms with Gasteiger partial charge in [-0.1, -0.05) is 17.7 Å². The van der Waals surface area contributed by atoms with E-state index in [1.807, 2.05) is 31.2 Å². The van der Waals surface area contributed by atoms with Crippen LogP contribution in [0.3, 0.4) is 0 Å². The summed E-state index contributed by atoms with van der Waals surface area (Å²) in [5, 5.41) is 3.14. The monoisotopic (exact) mass is 243 g/mol. The Kier molecular flexibility index (Phi) is 3.42. The molecule has 5 heteroatoms. The summed E-state index contributed by atoms with van der Waals surface area (Å²) in [6, 6.07) is 7.84. The largest absolute Gasteiger partial charge is 0.433 e.